The maximum atomic E-state index is 11.2. The zero-order chi connectivity index (χ0) is 11.3. The van der Waals surface area contributed by atoms with E-state index in [0.717, 1.165) is 0 Å². The minimum absolute atomic E-state index is 0.0120. The van der Waals surface area contributed by atoms with Gasteiger partial charge in [-0.3, -0.25) is 0 Å². The fraction of sp³-hybridized carbons (Fsp3) is 0.909. The minimum Gasteiger partial charge on any atom is -0.334 e. The van der Waals surface area contributed by atoms with E-state index in [2.05, 4.69) is 30.7 Å². The normalized spacial score (nSPS) is 27.3. The summed E-state index contributed by atoms with van der Waals surface area (Å²) in [5.74, 6) is 0. The largest absolute Gasteiger partial charge is 0.334 e. The molecule has 0 bridgehead atoms. The summed E-state index contributed by atoms with van der Waals surface area (Å²) in [4.78, 5) is 11.2. The molecular formula is C11H22N2OS. The molecule has 0 aromatic heterocycles. The number of carbonyl (C=O) groups is 1. The molecule has 0 aromatic carbocycles. The average molecular weight is 230 g/mol. The van der Waals surface area contributed by atoms with Gasteiger partial charge in [-0.25, -0.2) is 4.79 Å². The molecule has 15 heavy (non-hydrogen) atoms. The van der Waals surface area contributed by atoms with Gasteiger partial charge < -0.3 is 10.6 Å². The Hall–Kier alpha value is -0.380. The summed E-state index contributed by atoms with van der Waals surface area (Å²) in [5, 5.41) is 6.47. The van der Waals surface area contributed by atoms with E-state index in [9.17, 15) is 4.79 Å². The van der Waals surface area contributed by atoms with Gasteiger partial charge in [-0.1, -0.05) is 26.2 Å². The SMILES string of the molecule is CCCCCC(SC)C1NC(=O)NC1C. The first kappa shape index (κ1) is 12.7. The van der Waals surface area contributed by atoms with Crippen molar-refractivity contribution < 1.29 is 4.79 Å². The lowest BCUT2D eigenvalue weighted by atomic mass is 10.0. The molecule has 0 radical (unpaired) electrons. The minimum atomic E-state index is -0.0120. The zero-order valence-corrected chi connectivity index (χ0v) is 10.7. The predicted octanol–water partition coefficient (Wildman–Crippen LogP) is 2.37. The molecule has 2 N–H and O–H groups in total. The van der Waals surface area contributed by atoms with Gasteiger partial charge in [-0.2, -0.15) is 11.8 Å². The van der Waals surface area contributed by atoms with Crippen LogP contribution in [0.15, 0.2) is 0 Å². The van der Waals surface area contributed by atoms with Gasteiger partial charge in [-0.05, 0) is 19.6 Å². The highest BCUT2D eigenvalue weighted by molar-refractivity contribution is 7.99. The predicted molar refractivity (Wildman–Crippen MR) is 66.4 cm³/mol. The second kappa shape index (κ2) is 6.26. The molecule has 1 saturated heterocycles. The molecule has 1 aliphatic rings. The third kappa shape index (κ3) is 3.59. The Kier molecular flexibility index (Phi) is 5.29. The molecule has 1 aliphatic heterocycles. The first-order valence-corrected chi connectivity index (χ1v) is 7.07. The molecule has 1 heterocycles. The Labute approximate surface area is 96.8 Å². The van der Waals surface area contributed by atoms with Crippen LogP contribution in [0, 0.1) is 0 Å². The number of rotatable bonds is 6. The average Bonchev–Trinajstić information content (AvgIpc) is 2.53. The van der Waals surface area contributed by atoms with Gasteiger partial charge in [0, 0.05) is 11.3 Å². The second-order valence-electron chi connectivity index (χ2n) is 4.20. The van der Waals surface area contributed by atoms with Crippen LogP contribution in [0.5, 0.6) is 0 Å². The molecule has 3 unspecified atom stereocenters. The number of hydrogen-bond acceptors (Lipinski definition) is 2. The maximum Gasteiger partial charge on any atom is 0.315 e. The highest BCUT2D eigenvalue weighted by Crippen LogP contribution is 2.22. The molecular weight excluding hydrogens is 208 g/mol. The van der Waals surface area contributed by atoms with Gasteiger partial charge in [-0.15, -0.1) is 0 Å². The van der Waals surface area contributed by atoms with Gasteiger partial charge in [0.1, 0.15) is 0 Å². The lowest BCUT2D eigenvalue weighted by Crippen LogP contribution is -2.40. The summed E-state index contributed by atoms with van der Waals surface area (Å²) in [5.41, 5.74) is 0. The lowest BCUT2D eigenvalue weighted by molar-refractivity contribution is 0.247. The maximum absolute atomic E-state index is 11.2. The molecule has 2 amide bonds. The van der Waals surface area contributed by atoms with E-state index < -0.39 is 0 Å². The molecule has 0 saturated carbocycles. The van der Waals surface area contributed by atoms with Gasteiger partial charge in [0.05, 0.1) is 6.04 Å². The van der Waals surface area contributed by atoms with Crippen LogP contribution in [0.2, 0.25) is 0 Å². The lowest BCUT2D eigenvalue weighted by Gasteiger charge is -2.24. The number of hydrogen-bond donors (Lipinski definition) is 2. The van der Waals surface area contributed by atoms with Crippen LogP contribution < -0.4 is 10.6 Å². The first-order chi connectivity index (χ1) is 7.19. The number of unbranched alkanes of at least 4 members (excludes halogenated alkanes) is 2. The number of urea groups is 1. The van der Waals surface area contributed by atoms with Crippen molar-refractivity contribution in [2.24, 2.45) is 0 Å². The smallest absolute Gasteiger partial charge is 0.315 e. The Balaban J connectivity index is 2.40. The summed E-state index contributed by atoms with van der Waals surface area (Å²) < 4.78 is 0. The van der Waals surface area contributed by atoms with Gasteiger partial charge >= 0.3 is 6.03 Å². The van der Waals surface area contributed by atoms with Crippen LogP contribution in [0.4, 0.5) is 4.79 Å². The summed E-state index contributed by atoms with van der Waals surface area (Å²) in [6.07, 6.45) is 7.15. The van der Waals surface area contributed by atoms with E-state index in [4.69, 9.17) is 0 Å². The molecule has 88 valence electrons. The molecule has 4 heteroatoms. The van der Waals surface area contributed by atoms with Crippen molar-refractivity contribution >= 4 is 17.8 Å². The standard InChI is InChI=1S/C11H22N2OS/c1-4-5-6-7-9(15-3)10-8(2)12-11(14)13-10/h8-10H,4-7H2,1-3H3,(H2,12,13,14). The highest BCUT2D eigenvalue weighted by Gasteiger charge is 2.33. The highest BCUT2D eigenvalue weighted by atomic mass is 32.2. The van der Waals surface area contributed by atoms with Gasteiger partial charge in [0.25, 0.3) is 0 Å². The van der Waals surface area contributed by atoms with E-state index in [0.29, 0.717) is 11.3 Å². The van der Waals surface area contributed by atoms with Crippen LogP contribution in [-0.4, -0.2) is 29.6 Å². The van der Waals surface area contributed by atoms with Gasteiger partial charge in [0.2, 0.25) is 0 Å². The third-order valence-corrected chi connectivity index (χ3v) is 4.13. The number of carbonyl (C=O) groups excluding carboxylic acids is 1. The second-order valence-corrected chi connectivity index (χ2v) is 5.28. The van der Waals surface area contributed by atoms with Crippen LogP contribution in [-0.2, 0) is 0 Å². The first-order valence-electron chi connectivity index (χ1n) is 5.78. The van der Waals surface area contributed by atoms with Gasteiger partial charge in [0.15, 0.2) is 0 Å². The third-order valence-electron chi connectivity index (χ3n) is 2.99. The molecule has 0 aromatic rings. The van der Waals surface area contributed by atoms with Crippen molar-refractivity contribution in [3.8, 4) is 0 Å². The van der Waals surface area contributed by atoms with E-state index >= 15 is 0 Å². The monoisotopic (exact) mass is 230 g/mol. The molecule has 3 atom stereocenters. The summed E-state index contributed by atoms with van der Waals surface area (Å²) in [6.45, 7) is 4.29. The number of amides is 2. The summed E-state index contributed by atoms with van der Waals surface area (Å²) in [6, 6.07) is 0.544. The van der Waals surface area contributed by atoms with Crippen molar-refractivity contribution in [2.45, 2.75) is 56.9 Å². The fourth-order valence-electron chi connectivity index (χ4n) is 2.07. The number of thioether (sulfide) groups is 1. The van der Waals surface area contributed by atoms with Crippen molar-refractivity contribution in [2.75, 3.05) is 6.26 Å². The van der Waals surface area contributed by atoms with Crippen molar-refractivity contribution in [3.63, 3.8) is 0 Å². The quantitative estimate of drug-likeness (QED) is 0.688. The molecule has 0 aliphatic carbocycles. The molecule has 0 spiro atoms. The molecule has 1 rings (SSSR count). The Morgan fingerprint density at radius 1 is 1.40 bits per heavy atom. The van der Waals surface area contributed by atoms with E-state index in [1.807, 2.05) is 11.8 Å². The Morgan fingerprint density at radius 2 is 2.13 bits per heavy atom. The summed E-state index contributed by atoms with van der Waals surface area (Å²) in [7, 11) is 0. The fourth-order valence-corrected chi connectivity index (χ4v) is 3.07. The summed E-state index contributed by atoms with van der Waals surface area (Å²) >= 11 is 1.87. The van der Waals surface area contributed by atoms with Crippen LogP contribution in [0.3, 0.4) is 0 Å². The van der Waals surface area contributed by atoms with E-state index in [1.165, 1.54) is 25.7 Å². The van der Waals surface area contributed by atoms with E-state index in [-0.39, 0.29) is 12.1 Å². The van der Waals surface area contributed by atoms with Crippen LogP contribution >= 0.6 is 11.8 Å². The molecule has 3 nitrogen and oxygen atoms in total. The topological polar surface area (TPSA) is 41.1 Å². The van der Waals surface area contributed by atoms with Crippen molar-refractivity contribution in [1.82, 2.24) is 10.6 Å². The van der Waals surface area contributed by atoms with Crippen molar-refractivity contribution in [1.29, 1.82) is 0 Å². The zero-order valence-electron chi connectivity index (χ0n) is 9.88. The Morgan fingerprint density at radius 3 is 2.60 bits per heavy atom. The van der Waals surface area contributed by atoms with Crippen LogP contribution in [0.1, 0.15) is 39.5 Å². The number of nitrogens with one attached hydrogen (secondary N) is 2. The van der Waals surface area contributed by atoms with Crippen molar-refractivity contribution in [3.05, 3.63) is 0 Å². The molecule has 1 fully saturated rings. The van der Waals surface area contributed by atoms with Crippen LogP contribution in [0.25, 0.3) is 0 Å². The Bertz CT molecular complexity index is 211. The van der Waals surface area contributed by atoms with E-state index in [1.54, 1.807) is 0 Å².